The molecule has 0 spiro atoms. The van der Waals surface area contributed by atoms with Crippen LogP contribution in [0.15, 0.2) is 35.3 Å². The third-order valence-electron chi connectivity index (χ3n) is 5.76. The zero-order valence-corrected chi connectivity index (χ0v) is 16.0. The number of hydrogen-bond acceptors (Lipinski definition) is 6. The fourth-order valence-corrected chi connectivity index (χ4v) is 4.03. The zero-order chi connectivity index (χ0) is 19.1. The van der Waals surface area contributed by atoms with Crippen LogP contribution in [0.2, 0.25) is 0 Å². The Morgan fingerprint density at radius 1 is 1.07 bits per heavy atom. The van der Waals surface area contributed by atoms with Gasteiger partial charge in [-0.3, -0.25) is 10.1 Å². The Balaban J connectivity index is 1.71. The van der Waals surface area contributed by atoms with Crippen LogP contribution < -0.4 is 5.32 Å². The fourth-order valence-electron chi connectivity index (χ4n) is 4.03. The van der Waals surface area contributed by atoms with Crippen molar-refractivity contribution >= 4 is 17.9 Å². The third-order valence-corrected chi connectivity index (χ3v) is 5.76. The average Bonchev–Trinajstić information content (AvgIpc) is 3.08. The van der Waals surface area contributed by atoms with Gasteiger partial charge in [-0.2, -0.15) is 0 Å². The van der Waals surface area contributed by atoms with Gasteiger partial charge in [0.05, 0.1) is 6.04 Å². The number of hydrogen-bond donors (Lipinski definition) is 1. The van der Waals surface area contributed by atoms with Crippen LogP contribution in [-0.4, -0.2) is 90.0 Å². The molecule has 3 amide bonds. The molecule has 1 aromatic carbocycles. The number of carbonyl (C=O) groups is 2. The van der Waals surface area contributed by atoms with Gasteiger partial charge in [0, 0.05) is 33.2 Å². The Bertz CT molecular complexity index is 759. The summed E-state index contributed by atoms with van der Waals surface area (Å²) in [5, 5.41) is 2.47. The van der Waals surface area contributed by atoms with E-state index in [1.807, 2.05) is 18.2 Å². The minimum absolute atomic E-state index is 0.0352. The summed E-state index contributed by atoms with van der Waals surface area (Å²) in [4.78, 5) is 37.9. The maximum atomic E-state index is 12.8. The number of imide groups is 1. The van der Waals surface area contributed by atoms with Gasteiger partial charge in [0.1, 0.15) is 0 Å². The van der Waals surface area contributed by atoms with Crippen molar-refractivity contribution in [1.82, 2.24) is 24.9 Å². The van der Waals surface area contributed by atoms with Crippen LogP contribution in [-0.2, 0) is 4.79 Å². The van der Waals surface area contributed by atoms with Crippen molar-refractivity contribution in [1.29, 1.82) is 0 Å². The normalized spacial score (nSPS) is 27.4. The molecule has 0 aromatic heterocycles. The van der Waals surface area contributed by atoms with E-state index in [4.69, 9.17) is 4.99 Å². The Morgan fingerprint density at radius 2 is 1.74 bits per heavy atom. The van der Waals surface area contributed by atoms with Crippen LogP contribution in [0, 0.1) is 0 Å². The lowest BCUT2D eigenvalue weighted by atomic mass is 10.0. The smallest absolute Gasteiger partial charge is 0.325 e. The first-order chi connectivity index (χ1) is 13.0. The van der Waals surface area contributed by atoms with E-state index in [0.29, 0.717) is 0 Å². The summed E-state index contributed by atoms with van der Waals surface area (Å²) in [6, 6.07) is 9.18. The highest BCUT2D eigenvalue weighted by atomic mass is 16.2. The number of benzene rings is 1. The lowest BCUT2D eigenvalue weighted by Crippen LogP contribution is -2.64. The Hall–Kier alpha value is -2.61. The third kappa shape index (κ3) is 3.03. The van der Waals surface area contributed by atoms with Crippen molar-refractivity contribution in [2.45, 2.75) is 25.2 Å². The van der Waals surface area contributed by atoms with E-state index in [0.717, 1.165) is 37.7 Å². The van der Waals surface area contributed by atoms with Gasteiger partial charge in [-0.1, -0.05) is 30.3 Å². The Morgan fingerprint density at radius 3 is 2.41 bits per heavy atom. The highest BCUT2D eigenvalue weighted by Crippen LogP contribution is 2.33. The standard InChI is InChI=1S/C19H26N6O2/c1-13(14-7-5-4-6-8-14)25-15-16(23(3)19(27)21-17(15)26)20-18(25)24-11-9-22(2)10-12-24/h4-8,13,15-16H,9-12H2,1-3H3,(H,21,26,27). The molecule has 144 valence electrons. The van der Waals surface area contributed by atoms with Gasteiger partial charge >= 0.3 is 6.03 Å². The minimum Gasteiger partial charge on any atom is -0.340 e. The molecule has 3 heterocycles. The zero-order valence-electron chi connectivity index (χ0n) is 16.0. The molecule has 27 heavy (non-hydrogen) atoms. The van der Waals surface area contributed by atoms with E-state index >= 15 is 0 Å². The molecule has 3 atom stereocenters. The number of amides is 3. The second-order valence-corrected chi connectivity index (χ2v) is 7.48. The van der Waals surface area contributed by atoms with Gasteiger partial charge in [-0.05, 0) is 19.5 Å². The van der Waals surface area contributed by atoms with Crippen LogP contribution >= 0.6 is 0 Å². The summed E-state index contributed by atoms with van der Waals surface area (Å²) in [5.74, 6) is 0.532. The topological polar surface area (TPSA) is 71.5 Å². The van der Waals surface area contributed by atoms with Crippen LogP contribution in [0.5, 0.6) is 0 Å². The average molecular weight is 370 g/mol. The number of rotatable bonds is 2. The molecule has 2 fully saturated rings. The summed E-state index contributed by atoms with van der Waals surface area (Å²) < 4.78 is 0. The van der Waals surface area contributed by atoms with E-state index in [2.05, 4.69) is 46.1 Å². The van der Waals surface area contributed by atoms with Crippen molar-refractivity contribution in [2.24, 2.45) is 4.99 Å². The largest absolute Gasteiger partial charge is 0.340 e. The lowest BCUT2D eigenvalue weighted by Gasteiger charge is -2.42. The van der Waals surface area contributed by atoms with Crippen LogP contribution in [0.4, 0.5) is 4.79 Å². The van der Waals surface area contributed by atoms with Gasteiger partial charge < -0.3 is 19.6 Å². The monoisotopic (exact) mass is 370 g/mol. The van der Waals surface area contributed by atoms with Crippen LogP contribution in [0.25, 0.3) is 0 Å². The SMILES string of the molecule is CC(c1ccccc1)N1C(N2CCN(C)CC2)=NC2C1C(=O)NC(=O)N2C. The van der Waals surface area contributed by atoms with Gasteiger partial charge in [0.15, 0.2) is 18.2 Å². The number of nitrogens with one attached hydrogen (secondary N) is 1. The lowest BCUT2D eigenvalue weighted by molar-refractivity contribution is -0.127. The van der Waals surface area contributed by atoms with Crippen molar-refractivity contribution in [3.05, 3.63) is 35.9 Å². The number of guanidine groups is 1. The summed E-state index contributed by atoms with van der Waals surface area (Å²) in [7, 11) is 3.80. The number of nitrogens with zero attached hydrogens (tertiary/aromatic N) is 5. The number of carbonyl (C=O) groups excluding carboxylic acids is 2. The molecule has 0 bridgehead atoms. The first-order valence-electron chi connectivity index (χ1n) is 9.39. The molecule has 0 saturated carbocycles. The van der Waals surface area contributed by atoms with Crippen LogP contribution in [0.1, 0.15) is 18.5 Å². The fraction of sp³-hybridized carbons (Fsp3) is 0.526. The van der Waals surface area contributed by atoms with E-state index < -0.39 is 18.2 Å². The van der Waals surface area contributed by atoms with Crippen molar-refractivity contribution in [3.8, 4) is 0 Å². The van der Waals surface area contributed by atoms with Crippen molar-refractivity contribution in [2.75, 3.05) is 40.3 Å². The molecule has 4 rings (SSSR count). The molecule has 1 aromatic rings. The first kappa shape index (κ1) is 17.8. The van der Waals surface area contributed by atoms with Gasteiger partial charge in [0.25, 0.3) is 5.91 Å². The second-order valence-electron chi connectivity index (χ2n) is 7.48. The molecule has 3 aliphatic heterocycles. The maximum Gasteiger partial charge on any atom is 0.325 e. The van der Waals surface area contributed by atoms with Gasteiger partial charge in [0.2, 0.25) is 0 Å². The molecule has 1 N–H and O–H groups in total. The van der Waals surface area contributed by atoms with Crippen molar-refractivity contribution in [3.63, 3.8) is 0 Å². The number of urea groups is 1. The summed E-state index contributed by atoms with van der Waals surface area (Å²) in [6.45, 7) is 5.69. The number of aliphatic imine (C=N–C) groups is 1. The molecule has 3 unspecified atom stereocenters. The number of piperazine rings is 1. The summed E-state index contributed by atoms with van der Waals surface area (Å²) >= 11 is 0. The molecule has 2 saturated heterocycles. The highest BCUT2D eigenvalue weighted by Gasteiger charge is 2.51. The van der Waals surface area contributed by atoms with Gasteiger partial charge in [-0.15, -0.1) is 0 Å². The Kier molecular flexibility index (Phi) is 4.51. The Labute approximate surface area is 159 Å². The quantitative estimate of drug-likeness (QED) is 0.823. The van der Waals surface area contributed by atoms with E-state index in [1.54, 1.807) is 7.05 Å². The molecule has 0 radical (unpaired) electrons. The highest BCUT2D eigenvalue weighted by molar-refractivity contribution is 6.03. The predicted octanol–water partition coefficient (Wildman–Crippen LogP) is 0.543. The predicted molar refractivity (Wildman–Crippen MR) is 102 cm³/mol. The first-order valence-corrected chi connectivity index (χ1v) is 9.39. The van der Waals surface area contributed by atoms with Gasteiger partial charge in [-0.25, -0.2) is 9.79 Å². The molecule has 3 aliphatic rings. The summed E-state index contributed by atoms with van der Waals surface area (Å²) in [6.07, 6.45) is -0.493. The van der Waals surface area contributed by atoms with E-state index in [9.17, 15) is 9.59 Å². The van der Waals surface area contributed by atoms with E-state index in [-0.39, 0.29) is 11.9 Å². The maximum absolute atomic E-state index is 12.8. The molecule has 8 nitrogen and oxygen atoms in total. The number of likely N-dealkylation sites (N-methyl/N-ethyl adjacent to an activating group) is 2. The van der Waals surface area contributed by atoms with Crippen LogP contribution in [0.3, 0.4) is 0 Å². The van der Waals surface area contributed by atoms with E-state index in [1.165, 1.54) is 4.90 Å². The number of fused-ring (bicyclic) bond motifs is 1. The molecule has 0 aliphatic carbocycles. The summed E-state index contributed by atoms with van der Waals surface area (Å²) in [5.41, 5.74) is 1.12. The molecule has 8 heteroatoms. The second kappa shape index (κ2) is 6.84. The molecular formula is C19H26N6O2. The molecular weight excluding hydrogens is 344 g/mol. The minimum atomic E-state index is -0.516. The van der Waals surface area contributed by atoms with Crippen molar-refractivity contribution < 1.29 is 9.59 Å².